The van der Waals surface area contributed by atoms with Crippen LogP contribution in [0.15, 0.2) is 23.4 Å². The molecule has 0 bridgehead atoms. The number of carbonyl (C=O) groups is 1. The summed E-state index contributed by atoms with van der Waals surface area (Å²) in [5.74, 6) is -0.00237. The summed E-state index contributed by atoms with van der Waals surface area (Å²) in [6.07, 6.45) is 0.974. The fourth-order valence-electron chi connectivity index (χ4n) is 2.55. The lowest BCUT2D eigenvalue weighted by molar-refractivity contribution is -0.150. The van der Waals surface area contributed by atoms with E-state index < -0.39 is 12.1 Å². The maximum Gasteiger partial charge on any atom is 0.347 e. The number of methoxy groups -OCH3 is 1. The van der Waals surface area contributed by atoms with Gasteiger partial charge in [-0.05, 0) is 24.6 Å². The van der Waals surface area contributed by atoms with Crippen LogP contribution in [0.1, 0.15) is 39.2 Å². The highest BCUT2D eigenvalue weighted by molar-refractivity contribution is 6.31. The number of oxime groups is 1. The molecule has 0 saturated carbocycles. The molecule has 6 nitrogen and oxygen atoms in total. The molecule has 0 aliphatic carbocycles. The zero-order chi connectivity index (χ0) is 19.1. The monoisotopic (exact) mass is 383 g/mol. The lowest BCUT2D eigenvalue weighted by atomic mass is 10.0. The van der Waals surface area contributed by atoms with Gasteiger partial charge in [0.1, 0.15) is 24.2 Å². The van der Waals surface area contributed by atoms with Crippen molar-refractivity contribution in [2.75, 3.05) is 20.3 Å². The van der Waals surface area contributed by atoms with Gasteiger partial charge in [-0.15, -0.1) is 0 Å². The van der Waals surface area contributed by atoms with Crippen LogP contribution in [0.3, 0.4) is 0 Å². The van der Waals surface area contributed by atoms with Gasteiger partial charge in [0.15, 0.2) is 6.10 Å². The number of hydrogen-bond donors (Lipinski definition) is 0. The van der Waals surface area contributed by atoms with Crippen molar-refractivity contribution in [1.29, 1.82) is 0 Å². The van der Waals surface area contributed by atoms with Crippen LogP contribution < -0.4 is 4.74 Å². The molecule has 0 amide bonds. The second-order valence-corrected chi connectivity index (χ2v) is 6.87. The Morgan fingerprint density at radius 2 is 2.19 bits per heavy atom. The van der Waals surface area contributed by atoms with Crippen LogP contribution in [0.2, 0.25) is 5.02 Å². The van der Waals surface area contributed by atoms with E-state index in [-0.39, 0.29) is 12.0 Å². The molecule has 0 spiro atoms. The second kappa shape index (κ2) is 9.78. The standard InChI is InChI=1S/C19H26ClNO5/c1-5-6-9-24-16-11-25-21-17(16)14-10-13(20)7-8-15(14)26-18(12(2)3)19(22)23-4/h7-8,10,12,16,18H,5-6,9,11H2,1-4H3/t16-,18+/m1/s1. The minimum absolute atomic E-state index is 0.0654. The molecule has 0 N–H and O–H groups in total. The van der Waals surface area contributed by atoms with Crippen molar-refractivity contribution >= 4 is 23.3 Å². The van der Waals surface area contributed by atoms with Gasteiger partial charge in [0, 0.05) is 23.1 Å². The Morgan fingerprint density at radius 1 is 1.42 bits per heavy atom. The minimum atomic E-state index is -0.734. The number of nitrogens with zero attached hydrogens (tertiary/aromatic N) is 1. The number of benzene rings is 1. The Labute approximate surface area is 159 Å². The topological polar surface area (TPSA) is 66.3 Å². The molecule has 1 aromatic rings. The molecule has 1 aliphatic heterocycles. The van der Waals surface area contributed by atoms with Gasteiger partial charge < -0.3 is 19.0 Å². The van der Waals surface area contributed by atoms with Crippen LogP contribution in [-0.2, 0) is 19.1 Å². The number of rotatable bonds is 9. The van der Waals surface area contributed by atoms with E-state index in [2.05, 4.69) is 12.1 Å². The first kappa shape index (κ1) is 20.5. The summed E-state index contributed by atoms with van der Waals surface area (Å²) >= 11 is 6.17. The number of unbranched alkanes of at least 4 members (excludes halogenated alkanes) is 1. The van der Waals surface area contributed by atoms with E-state index in [0.29, 0.717) is 35.3 Å². The third-order valence-electron chi connectivity index (χ3n) is 4.02. The Hall–Kier alpha value is -1.79. The lowest BCUT2D eigenvalue weighted by Gasteiger charge is -2.22. The quantitative estimate of drug-likeness (QED) is 0.479. The van der Waals surface area contributed by atoms with E-state index in [1.165, 1.54) is 7.11 Å². The highest BCUT2D eigenvalue weighted by Crippen LogP contribution is 2.29. The molecule has 2 atom stereocenters. The van der Waals surface area contributed by atoms with Crippen molar-refractivity contribution in [3.63, 3.8) is 0 Å². The molecule has 0 aromatic heterocycles. The van der Waals surface area contributed by atoms with Crippen molar-refractivity contribution in [3.8, 4) is 5.75 Å². The van der Waals surface area contributed by atoms with Crippen LogP contribution in [-0.4, -0.2) is 44.2 Å². The first-order valence-electron chi connectivity index (χ1n) is 8.83. The Bertz CT molecular complexity index is 647. The van der Waals surface area contributed by atoms with E-state index in [4.69, 9.17) is 30.6 Å². The molecule has 2 rings (SSSR count). The molecule has 0 saturated heterocycles. The van der Waals surface area contributed by atoms with E-state index in [1.54, 1.807) is 18.2 Å². The third-order valence-corrected chi connectivity index (χ3v) is 4.26. The van der Waals surface area contributed by atoms with Crippen molar-refractivity contribution in [1.82, 2.24) is 0 Å². The number of hydrogen-bond acceptors (Lipinski definition) is 6. The molecule has 144 valence electrons. The van der Waals surface area contributed by atoms with Crippen LogP contribution in [0.25, 0.3) is 0 Å². The predicted octanol–water partition coefficient (Wildman–Crippen LogP) is 3.84. The van der Waals surface area contributed by atoms with Crippen LogP contribution in [0.5, 0.6) is 5.75 Å². The van der Waals surface area contributed by atoms with Gasteiger partial charge in [-0.1, -0.05) is 43.9 Å². The van der Waals surface area contributed by atoms with Crippen molar-refractivity contribution in [2.45, 2.75) is 45.8 Å². The van der Waals surface area contributed by atoms with E-state index in [9.17, 15) is 4.79 Å². The zero-order valence-corrected chi connectivity index (χ0v) is 16.4. The van der Waals surface area contributed by atoms with Crippen molar-refractivity contribution in [2.24, 2.45) is 11.1 Å². The first-order chi connectivity index (χ1) is 12.5. The van der Waals surface area contributed by atoms with Crippen molar-refractivity contribution < 1.29 is 23.8 Å². The highest BCUT2D eigenvalue weighted by Gasteiger charge is 2.31. The summed E-state index contributed by atoms with van der Waals surface area (Å²) < 4.78 is 16.7. The maximum absolute atomic E-state index is 12.0. The molecule has 7 heteroatoms. The number of halogens is 1. The first-order valence-corrected chi connectivity index (χ1v) is 9.21. The zero-order valence-electron chi connectivity index (χ0n) is 15.7. The summed E-state index contributed by atoms with van der Waals surface area (Å²) in [7, 11) is 1.34. The Balaban J connectivity index is 2.28. The molecule has 0 unspecified atom stereocenters. The van der Waals surface area contributed by atoms with E-state index >= 15 is 0 Å². The SMILES string of the molecule is CCCCO[C@@H]1CON=C1c1cc(Cl)ccc1O[C@H](C(=O)OC)C(C)C. The fraction of sp³-hybridized carbons (Fsp3) is 0.579. The average Bonchev–Trinajstić information content (AvgIpc) is 3.08. The van der Waals surface area contributed by atoms with Crippen molar-refractivity contribution in [3.05, 3.63) is 28.8 Å². The van der Waals surface area contributed by atoms with Gasteiger partial charge in [0.25, 0.3) is 0 Å². The minimum Gasteiger partial charge on any atom is -0.478 e. The summed E-state index contributed by atoms with van der Waals surface area (Å²) in [6, 6.07) is 5.17. The summed E-state index contributed by atoms with van der Waals surface area (Å²) in [4.78, 5) is 17.3. The second-order valence-electron chi connectivity index (χ2n) is 6.43. The van der Waals surface area contributed by atoms with E-state index in [1.807, 2.05) is 13.8 Å². The number of carbonyl (C=O) groups excluding carboxylic acids is 1. The number of ether oxygens (including phenoxy) is 3. The lowest BCUT2D eigenvalue weighted by Crippen LogP contribution is -2.34. The fourth-order valence-corrected chi connectivity index (χ4v) is 2.72. The molecule has 26 heavy (non-hydrogen) atoms. The van der Waals surface area contributed by atoms with Gasteiger partial charge >= 0.3 is 5.97 Å². The summed E-state index contributed by atoms with van der Waals surface area (Å²) in [6.45, 7) is 6.85. The number of esters is 1. The third kappa shape index (κ3) is 5.11. The average molecular weight is 384 g/mol. The predicted molar refractivity (Wildman–Crippen MR) is 99.9 cm³/mol. The largest absolute Gasteiger partial charge is 0.478 e. The van der Waals surface area contributed by atoms with E-state index in [0.717, 1.165) is 12.8 Å². The van der Waals surface area contributed by atoms with Crippen LogP contribution in [0.4, 0.5) is 0 Å². The summed E-state index contributed by atoms with van der Waals surface area (Å²) in [5.41, 5.74) is 1.28. The smallest absolute Gasteiger partial charge is 0.347 e. The van der Waals surface area contributed by atoms with Gasteiger partial charge in [-0.3, -0.25) is 0 Å². The van der Waals surface area contributed by atoms with Crippen LogP contribution in [0, 0.1) is 5.92 Å². The Kier molecular flexibility index (Phi) is 7.72. The van der Waals surface area contributed by atoms with Crippen LogP contribution >= 0.6 is 11.6 Å². The van der Waals surface area contributed by atoms with Gasteiger partial charge in [0.2, 0.25) is 0 Å². The Morgan fingerprint density at radius 3 is 2.85 bits per heavy atom. The molecule has 0 radical (unpaired) electrons. The molecule has 1 aromatic carbocycles. The molecule has 0 fully saturated rings. The summed E-state index contributed by atoms with van der Waals surface area (Å²) in [5, 5.41) is 4.66. The van der Waals surface area contributed by atoms with Gasteiger partial charge in [0.05, 0.1) is 7.11 Å². The maximum atomic E-state index is 12.0. The molecule has 1 heterocycles. The normalized spacial score (nSPS) is 17.6. The highest BCUT2D eigenvalue weighted by atomic mass is 35.5. The van der Waals surface area contributed by atoms with Gasteiger partial charge in [-0.2, -0.15) is 0 Å². The molecular formula is C19H26ClNO5. The molecule has 1 aliphatic rings. The van der Waals surface area contributed by atoms with Gasteiger partial charge in [-0.25, -0.2) is 4.79 Å². The molecular weight excluding hydrogens is 358 g/mol.